The van der Waals surface area contributed by atoms with E-state index in [0.29, 0.717) is 13.2 Å². The van der Waals surface area contributed by atoms with Crippen molar-refractivity contribution < 1.29 is 14.6 Å². The highest BCUT2D eigenvalue weighted by Gasteiger charge is 2.28. The monoisotopic (exact) mass is 399 g/mol. The number of rotatable bonds is 6. The summed E-state index contributed by atoms with van der Waals surface area (Å²) >= 11 is 0. The minimum absolute atomic E-state index is 0.101. The van der Waals surface area contributed by atoms with Crippen molar-refractivity contribution in [3.05, 3.63) is 83.9 Å². The number of aromatic nitrogens is 2. The molecule has 1 aromatic heterocycles. The highest BCUT2D eigenvalue weighted by Crippen LogP contribution is 2.43. The topological polar surface area (TPSA) is 76.4 Å². The molecular weight excluding hydrogens is 378 g/mol. The second-order valence-electron chi connectivity index (χ2n) is 7.25. The number of nitrogens with zero attached hydrogens (tertiary/aromatic N) is 2. The maximum Gasteiger partial charge on any atom is 0.241 e. The smallest absolute Gasteiger partial charge is 0.241 e. The molecule has 3 aromatic carbocycles. The molecule has 0 saturated carbocycles. The Kier molecular flexibility index (Phi) is 4.69. The van der Waals surface area contributed by atoms with Gasteiger partial charge in [0.15, 0.2) is 0 Å². The first-order valence-corrected chi connectivity index (χ1v) is 9.94. The summed E-state index contributed by atoms with van der Waals surface area (Å²) < 4.78 is 7.31. The van der Waals surface area contributed by atoms with Gasteiger partial charge in [-0.25, -0.2) is 0 Å². The molecule has 1 atom stereocenters. The standard InChI is InChI=1S/C24H21N3O3/c28-21(25-13-14-30-16-7-2-1-3-8-16)15-27-20-12-6-11-19-22(20)23(26-27)17-9-4-5-10-18(17)24(19)29/h1-12,24,29H,13-15H2,(H,25,28). The fraction of sp³-hybridized carbons (Fsp3) is 0.167. The zero-order valence-corrected chi connectivity index (χ0v) is 16.3. The van der Waals surface area contributed by atoms with Gasteiger partial charge < -0.3 is 15.2 Å². The largest absolute Gasteiger partial charge is 0.492 e. The minimum atomic E-state index is -0.695. The molecule has 2 N–H and O–H groups in total. The Balaban J connectivity index is 1.34. The molecule has 30 heavy (non-hydrogen) atoms. The summed E-state index contributed by atoms with van der Waals surface area (Å²) in [5.41, 5.74) is 4.21. The number of hydrogen-bond acceptors (Lipinski definition) is 4. The molecule has 0 radical (unpaired) electrons. The zero-order valence-electron chi connectivity index (χ0n) is 16.3. The third kappa shape index (κ3) is 3.21. The van der Waals surface area contributed by atoms with Crippen LogP contribution in [0.15, 0.2) is 72.8 Å². The summed E-state index contributed by atoms with van der Waals surface area (Å²) in [7, 11) is 0. The number of nitrogens with one attached hydrogen (secondary N) is 1. The molecule has 150 valence electrons. The van der Waals surface area contributed by atoms with Crippen LogP contribution in [0.5, 0.6) is 5.75 Å². The fourth-order valence-electron chi connectivity index (χ4n) is 3.98. The second kappa shape index (κ2) is 7.65. The van der Waals surface area contributed by atoms with E-state index >= 15 is 0 Å². The van der Waals surface area contributed by atoms with Gasteiger partial charge in [-0.2, -0.15) is 5.10 Å². The van der Waals surface area contributed by atoms with Crippen LogP contribution in [0.3, 0.4) is 0 Å². The van der Waals surface area contributed by atoms with Gasteiger partial charge in [-0.15, -0.1) is 0 Å². The van der Waals surface area contributed by atoms with E-state index in [1.165, 1.54) is 0 Å². The predicted octanol–water partition coefficient (Wildman–Crippen LogP) is 3.29. The molecule has 0 fully saturated rings. The molecule has 6 nitrogen and oxygen atoms in total. The van der Waals surface area contributed by atoms with E-state index in [9.17, 15) is 9.90 Å². The number of ether oxygens (including phenoxy) is 1. The van der Waals surface area contributed by atoms with Gasteiger partial charge >= 0.3 is 0 Å². The van der Waals surface area contributed by atoms with E-state index in [1.54, 1.807) is 4.68 Å². The van der Waals surface area contributed by atoms with Gasteiger partial charge in [0, 0.05) is 10.9 Å². The molecule has 1 heterocycles. The normalized spacial score (nSPS) is 14.4. The lowest BCUT2D eigenvalue weighted by molar-refractivity contribution is -0.121. The van der Waals surface area contributed by atoms with E-state index in [1.807, 2.05) is 72.8 Å². The van der Waals surface area contributed by atoms with E-state index in [-0.39, 0.29) is 12.5 Å². The maximum absolute atomic E-state index is 12.5. The number of carbonyl (C=O) groups is 1. The van der Waals surface area contributed by atoms with Crippen LogP contribution in [0.25, 0.3) is 22.2 Å². The average molecular weight is 399 g/mol. The van der Waals surface area contributed by atoms with Crippen LogP contribution in [0.4, 0.5) is 0 Å². The molecule has 6 heteroatoms. The van der Waals surface area contributed by atoms with Crippen LogP contribution in [0.1, 0.15) is 17.2 Å². The van der Waals surface area contributed by atoms with Crippen LogP contribution >= 0.6 is 0 Å². The highest BCUT2D eigenvalue weighted by atomic mass is 16.5. The third-order valence-corrected chi connectivity index (χ3v) is 5.34. The molecule has 0 saturated heterocycles. The van der Waals surface area contributed by atoms with Gasteiger partial charge in [0.1, 0.15) is 30.7 Å². The van der Waals surface area contributed by atoms with Gasteiger partial charge in [-0.3, -0.25) is 9.48 Å². The average Bonchev–Trinajstić information content (AvgIpc) is 3.15. The van der Waals surface area contributed by atoms with Crippen molar-refractivity contribution in [2.24, 2.45) is 0 Å². The Morgan fingerprint density at radius 3 is 2.63 bits per heavy atom. The quantitative estimate of drug-likeness (QED) is 0.488. The first-order chi connectivity index (χ1) is 14.7. The first-order valence-electron chi connectivity index (χ1n) is 9.94. The SMILES string of the molecule is O=C(Cn1nc2c3c(cccc31)C(O)c1ccccc1-2)NCCOc1ccccc1. The predicted molar refractivity (Wildman–Crippen MR) is 114 cm³/mol. The number of carbonyl (C=O) groups excluding carboxylic acids is 1. The summed E-state index contributed by atoms with van der Waals surface area (Å²) in [6.45, 7) is 0.903. The lowest BCUT2D eigenvalue weighted by Crippen LogP contribution is -2.31. The number of aliphatic hydroxyl groups excluding tert-OH is 1. The fourth-order valence-corrected chi connectivity index (χ4v) is 3.98. The lowest BCUT2D eigenvalue weighted by atomic mass is 9.86. The second-order valence-corrected chi connectivity index (χ2v) is 7.25. The van der Waals surface area contributed by atoms with E-state index in [0.717, 1.165) is 39.0 Å². The van der Waals surface area contributed by atoms with Crippen LogP contribution < -0.4 is 10.1 Å². The van der Waals surface area contributed by atoms with Crippen molar-refractivity contribution in [3.63, 3.8) is 0 Å². The molecule has 0 spiro atoms. The number of hydrogen-bond donors (Lipinski definition) is 2. The zero-order chi connectivity index (χ0) is 20.5. The minimum Gasteiger partial charge on any atom is -0.492 e. The Labute approximate surface area is 173 Å². The van der Waals surface area contributed by atoms with Gasteiger partial charge in [-0.05, 0) is 29.3 Å². The maximum atomic E-state index is 12.5. The van der Waals surface area contributed by atoms with Gasteiger partial charge in [0.2, 0.25) is 5.91 Å². The molecule has 0 bridgehead atoms. The van der Waals surface area contributed by atoms with Crippen LogP contribution in [0.2, 0.25) is 0 Å². The van der Waals surface area contributed by atoms with Crippen LogP contribution in [-0.2, 0) is 11.3 Å². The Morgan fingerprint density at radius 2 is 1.77 bits per heavy atom. The number of aliphatic hydroxyl groups is 1. The highest BCUT2D eigenvalue weighted by molar-refractivity contribution is 6.00. The first kappa shape index (κ1) is 18.4. The van der Waals surface area contributed by atoms with Crippen molar-refractivity contribution in [2.75, 3.05) is 13.2 Å². The summed E-state index contributed by atoms with van der Waals surface area (Å²) in [5.74, 6) is 0.638. The summed E-state index contributed by atoms with van der Waals surface area (Å²) in [6.07, 6.45) is -0.695. The van der Waals surface area contributed by atoms with E-state index < -0.39 is 6.10 Å². The number of fused-ring (bicyclic) bond motifs is 2. The van der Waals surface area contributed by atoms with Crippen molar-refractivity contribution in [2.45, 2.75) is 12.6 Å². The van der Waals surface area contributed by atoms with Gasteiger partial charge in [0.05, 0.1) is 12.1 Å². The molecule has 1 unspecified atom stereocenters. The third-order valence-electron chi connectivity index (χ3n) is 5.34. The van der Waals surface area contributed by atoms with Crippen molar-refractivity contribution in [3.8, 4) is 17.0 Å². The van der Waals surface area contributed by atoms with Crippen LogP contribution in [0, 0.1) is 0 Å². The molecule has 1 amide bonds. The molecule has 5 rings (SSSR count). The van der Waals surface area contributed by atoms with Crippen LogP contribution in [-0.4, -0.2) is 33.9 Å². The molecule has 1 aliphatic rings. The van der Waals surface area contributed by atoms with Crippen molar-refractivity contribution in [1.82, 2.24) is 15.1 Å². The van der Waals surface area contributed by atoms with Gasteiger partial charge in [-0.1, -0.05) is 54.6 Å². The summed E-state index contributed by atoms with van der Waals surface area (Å²) in [6, 6.07) is 23.0. The number of amides is 1. The van der Waals surface area contributed by atoms with E-state index in [4.69, 9.17) is 9.84 Å². The Hall–Kier alpha value is -3.64. The summed E-state index contributed by atoms with van der Waals surface area (Å²) in [4.78, 5) is 12.5. The van der Waals surface area contributed by atoms with Crippen molar-refractivity contribution in [1.29, 1.82) is 0 Å². The van der Waals surface area contributed by atoms with Gasteiger partial charge in [0.25, 0.3) is 0 Å². The number of para-hydroxylation sites is 1. The number of benzene rings is 3. The van der Waals surface area contributed by atoms with Crippen molar-refractivity contribution >= 4 is 16.8 Å². The molecule has 4 aromatic rings. The summed E-state index contributed by atoms with van der Waals surface area (Å²) in [5, 5.41) is 19.3. The Morgan fingerprint density at radius 1 is 1.00 bits per heavy atom. The lowest BCUT2D eigenvalue weighted by Gasteiger charge is -2.21. The molecule has 0 aliphatic heterocycles. The molecule has 1 aliphatic carbocycles. The molecular formula is C24H21N3O3. The van der Waals surface area contributed by atoms with E-state index in [2.05, 4.69) is 5.32 Å². The Bertz CT molecular complexity index is 1220.